The van der Waals surface area contributed by atoms with Gasteiger partial charge in [0.15, 0.2) is 0 Å². The molecule has 0 saturated heterocycles. The first-order valence-electron chi connectivity index (χ1n) is 10.4. The summed E-state index contributed by atoms with van der Waals surface area (Å²) in [4.78, 5) is 0. The molecule has 0 atom stereocenters. The van der Waals surface area contributed by atoms with E-state index in [1.807, 2.05) is 24.3 Å². The third-order valence-corrected chi connectivity index (χ3v) is 6.37. The van der Waals surface area contributed by atoms with E-state index in [2.05, 4.69) is 66.2 Å². The lowest BCUT2D eigenvalue weighted by molar-refractivity contribution is 0.415. The molecule has 1 N–H and O–H groups in total. The SMILES string of the molecule is COc1ccc2c3c(-c4c(O)ccc5ccccc45)cc4ccccc4c3n(C)c2c1. The Labute approximate surface area is 179 Å². The van der Waals surface area contributed by atoms with Crippen molar-refractivity contribution >= 4 is 43.4 Å². The van der Waals surface area contributed by atoms with Gasteiger partial charge in [-0.25, -0.2) is 0 Å². The van der Waals surface area contributed by atoms with E-state index in [9.17, 15) is 5.11 Å². The number of aromatic nitrogens is 1. The number of nitrogens with zero attached hydrogens (tertiary/aromatic N) is 1. The fourth-order valence-corrected chi connectivity index (χ4v) is 4.94. The Kier molecular flexibility index (Phi) is 3.75. The number of benzene rings is 5. The lowest BCUT2D eigenvalue weighted by Gasteiger charge is -2.13. The summed E-state index contributed by atoms with van der Waals surface area (Å²) >= 11 is 0. The van der Waals surface area contributed by atoms with E-state index in [0.29, 0.717) is 5.75 Å². The topological polar surface area (TPSA) is 34.4 Å². The predicted molar refractivity (Wildman–Crippen MR) is 129 cm³/mol. The number of rotatable bonds is 2. The summed E-state index contributed by atoms with van der Waals surface area (Å²) in [6.07, 6.45) is 0. The second-order valence-electron chi connectivity index (χ2n) is 7.99. The lowest BCUT2D eigenvalue weighted by atomic mass is 9.91. The number of methoxy groups -OCH3 is 1. The van der Waals surface area contributed by atoms with E-state index in [0.717, 1.165) is 54.8 Å². The van der Waals surface area contributed by atoms with Gasteiger partial charge in [0.2, 0.25) is 0 Å². The fourth-order valence-electron chi connectivity index (χ4n) is 4.94. The summed E-state index contributed by atoms with van der Waals surface area (Å²) in [5.74, 6) is 1.12. The number of aromatic hydroxyl groups is 1. The number of ether oxygens (including phenoxy) is 1. The highest BCUT2D eigenvalue weighted by Gasteiger charge is 2.20. The summed E-state index contributed by atoms with van der Waals surface area (Å²) in [7, 11) is 3.79. The van der Waals surface area contributed by atoms with E-state index in [1.54, 1.807) is 13.2 Å². The predicted octanol–water partition coefficient (Wildman–Crippen LogP) is 7.02. The Morgan fingerprint density at radius 1 is 0.742 bits per heavy atom. The first kappa shape index (κ1) is 17.8. The highest BCUT2D eigenvalue weighted by Crippen LogP contribution is 2.46. The molecule has 5 aromatic carbocycles. The van der Waals surface area contributed by atoms with Crippen molar-refractivity contribution in [2.24, 2.45) is 7.05 Å². The summed E-state index contributed by atoms with van der Waals surface area (Å²) in [5.41, 5.74) is 4.17. The van der Waals surface area contributed by atoms with Gasteiger partial charge in [-0.05, 0) is 46.0 Å². The van der Waals surface area contributed by atoms with Crippen LogP contribution in [0.4, 0.5) is 0 Å². The molecule has 0 saturated carbocycles. The standard InChI is InChI=1S/C28H21NO2/c1-29-24-16-19(31-2)12-13-22(24)27-23(15-18-8-4-6-10-21(18)28(27)29)26-20-9-5-3-7-17(20)11-14-25(26)30/h3-16,30H,1-2H3. The normalized spacial score (nSPS) is 11.7. The van der Waals surface area contributed by atoms with Crippen molar-refractivity contribution < 1.29 is 9.84 Å². The Bertz CT molecular complexity index is 1640. The smallest absolute Gasteiger partial charge is 0.124 e. The van der Waals surface area contributed by atoms with E-state index in [1.165, 1.54) is 5.39 Å². The molecule has 1 heterocycles. The molecule has 6 rings (SSSR count). The molecule has 0 amide bonds. The highest BCUT2D eigenvalue weighted by molar-refractivity contribution is 6.25. The molecule has 0 fully saturated rings. The van der Waals surface area contributed by atoms with E-state index >= 15 is 0 Å². The number of aryl methyl sites for hydroxylation is 1. The zero-order valence-corrected chi connectivity index (χ0v) is 17.4. The second-order valence-corrected chi connectivity index (χ2v) is 7.99. The van der Waals surface area contributed by atoms with Gasteiger partial charge in [0.1, 0.15) is 11.5 Å². The van der Waals surface area contributed by atoms with Crippen LogP contribution < -0.4 is 4.74 Å². The fraction of sp³-hybridized carbons (Fsp3) is 0.0714. The molecule has 0 bridgehead atoms. The molecule has 0 unspecified atom stereocenters. The number of hydrogen-bond acceptors (Lipinski definition) is 2. The number of phenols is 1. The van der Waals surface area contributed by atoms with Gasteiger partial charge < -0.3 is 14.4 Å². The first-order valence-corrected chi connectivity index (χ1v) is 10.4. The third kappa shape index (κ3) is 2.47. The zero-order valence-electron chi connectivity index (χ0n) is 17.4. The van der Waals surface area contributed by atoms with Crippen LogP contribution in [-0.2, 0) is 7.05 Å². The van der Waals surface area contributed by atoms with Crippen molar-refractivity contribution in [1.82, 2.24) is 4.57 Å². The lowest BCUT2D eigenvalue weighted by Crippen LogP contribution is -1.90. The summed E-state index contributed by atoms with van der Waals surface area (Å²) < 4.78 is 7.74. The van der Waals surface area contributed by atoms with Crippen LogP contribution in [0.5, 0.6) is 11.5 Å². The van der Waals surface area contributed by atoms with Crippen LogP contribution in [0.3, 0.4) is 0 Å². The van der Waals surface area contributed by atoms with Crippen molar-refractivity contribution in [3.05, 3.63) is 84.9 Å². The molecule has 0 spiro atoms. The van der Waals surface area contributed by atoms with Gasteiger partial charge in [0.25, 0.3) is 0 Å². The molecule has 0 aliphatic rings. The maximum Gasteiger partial charge on any atom is 0.124 e. The Balaban J connectivity index is 1.89. The molecule has 0 aliphatic carbocycles. The minimum Gasteiger partial charge on any atom is -0.507 e. The molecular weight excluding hydrogens is 382 g/mol. The average Bonchev–Trinajstić information content (AvgIpc) is 3.11. The summed E-state index contributed by atoms with van der Waals surface area (Å²) in [6, 6.07) is 28.9. The zero-order chi connectivity index (χ0) is 21.1. The van der Waals surface area contributed by atoms with E-state index < -0.39 is 0 Å². The van der Waals surface area contributed by atoms with Gasteiger partial charge >= 0.3 is 0 Å². The molecule has 3 heteroatoms. The van der Waals surface area contributed by atoms with Crippen LogP contribution in [0.15, 0.2) is 84.9 Å². The Hall–Kier alpha value is -3.98. The van der Waals surface area contributed by atoms with Crippen LogP contribution >= 0.6 is 0 Å². The van der Waals surface area contributed by atoms with E-state index in [-0.39, 0.29) is 0 Å². The molecule has 150 valence electrons. The molecule has 1 aromatic heterocycles. The van der Waals surface area contributed by atoms with Crippen LogP contribution in [-0.4, -0.2) is 16.8 Å². The van der Waals surface area contributed by atoms with E-state index in [4.69, 9.17) is 4.74 Å². The van der Waals surface area contributed by atoms with Gasteiger partial charge in [-0.1, -0.05) is 54.6 Å². The van der Waals surface area contributed by atoms with Crippen molar-refractivity contribution in [2.75, 3.05) is 7.11 Å². The first-order chi connectivity index (χ1) is 15.2. The van der Waals surface area contributed by atoms with Crippen LogP contribution in [0.1, 0.15) is 0 Å². The average molecular weight is 403 g/mol. The Morgan fingerprint density at radius 2 is 1.48 bits per heavy atom. The number of hydrogen-bond donors (Lipinski definition) is 1. The van der Waals surface area contributed by atoms with Crippen molar-refractivity contribution in [2.45, 2.75) is 0 Å². The van der Waals surface area contributed by atoms with Crippen LogP contribution in [0.25, 0.3) is 54.5 Å². The Morgan fingerprint density at radius 3 is 2.29 bits per heavy atom. The second kappa shape index (κ2) is 6.51. The van der Waals surface area contributed by atoms with Crippen LogP contribution in [0, 0.1) is 0 Å². The van der Waals surface area contributed by atoms with Gasteiger partial charge in [-0.3, -0.25) is 0 Å². The van der Waals surface area contributed by atoms with Crippen molar-refractivity contribution in [3.63, 3.8) is 0 Å². The molecule has 6 aromatic rings. The maximum atomic E-state index is 11.0. The van der Waals surface area contributed by atoms with Crippen molar-refractivity contribution in [1.29, 1.82) is 0 Å². The minimum absolute atomic E-state index is 0.292. The number of fused-ring (bicyclic) bond motifs is 6. The third-order valence-electron chi connectivity index (χ3n) is 6.37. The highest BCUT2D eigenvalue weighted by atomic mass is 16.5. The monoisotopic (exact) mass is 403 g/mol. The van der Waals surface area contributed by atoms with Gasteiger partial charge in [0.05, 0.1) is 18.1 Å². The molecule has 3 nitrogen and oxygen atoms in total. The largest absolute Gasteiger partial charge is 0.507 e. The summed E-state index contributed by atoms with van der Waals surface area (Å²) in [5, 5.41) is 17.8. The minimum atomic E-state index is 0.292. The molecule has 0 radical (unpaired) electrons. The molecule has 0 aliphatic heterocycles. The van der Waals surface area contributed by atoms with Gasteiger partial charge in [-0.2, -0.15) is 0 Å². The summed E-state index contributed by atoms with van der Waals surface area (Å²) in [6.45, 7) is 0. The van der Waals surface area contributed by atoms with Crippen molar-refractivity contribution in [3.8, 4) is 22.6 Å². The molecular formula is C28H21NO2. The number of phenolic OH excluding ortho intramolecular Hbond substituents is 1. The van der Waals surface area contributed by atoms with Gasteiger partial charge in [-0.15, -0.1) is 0 Å². The van der Waals surface area contributed by atoms with Gasteiger partial charge in [0, 0.05) is 34.8 Å². The maximum absolute atomic E-state index is 11.0. The van der Waals surface area contributed by atoms with Crippen LogP contribution in [0.2, 0.25) is 0 Å². The molecule has 31 heavy (non-hydrogen) atoms. The quantitative estimate of drug-likeness (QED) is 0.337.